The maximum atomic E-state index is 12.2. The number of Topliss-reactive ketones (excluding diaryl/α,β-unsaturated/α-hetero) is 1. The van der Waals surface area contributed by atoms with Crippen LogP contribution >= 0.6 is 0 Å². The van der Waals surface area contributed by atoms with Gasteiger partial charge in [0.25, 0.3) is 0 Å². The van der Waals surface area contributed by atoms with Crippen LogP contribution in [0.25, 0.3) is 6.08 Å². The van der Waals surface area contributed by atoms with Crippen molar-refractivity contribution in [1.29, 1.82) is 0 Å². The predicted molar refractivity (Wildman–Crippen MR) is 98.8 cm³/mol. The Morgan fingerprint density at radius 1 is 1.15 bits per heavy atom. The summed E-state index contributed by atoms with van der Waals surface area (Å²) in [7, 11) is 4.95. The summed E-state index contributed by atoms with van der Waals surface area (Å²) in [6, 6.07) is 7.13. The summed E-state index contributed by atoms with van der Waals surface area (Å²) in [5.41, 5.74) is 3.06. The molecule has 1 aromatic carbocycles. The van der Waals surface area contributed by atoms with Crippen molar-refractivity contribution in [1.82, 2.24) is 4.57 Å². The third kappa shape index (κ3) is 4.14. The largest absolute Gasteiger partial charge is 0.493 e. The Balaban J connectivity index is 2.02. The fourth-order valence-electron chi connectivity index (χ4n) is 2.60. The first-order chi connectivity index (χ1) is 12.4. The van der Waals surface area contributed by atoms with Crippen LogP contribution in [0, 0.1) is 13.8 Å². The first-order valence-electron chi connectivity index (χ1n) is 8.11. The SMILES string of the molecule is COc1cccc(/C=C/C(=O)OCC(=O)c2cc(C)n(C)c2C)c1OC. The van der Waals surface area contributed by atoms with Gasteiger partial charge in [0, 0.05) is 35.6 Å². The number of para-hydroxylation sites is 1. The monoisotopic (exact) mass is 357 g/mol. The van der Waals surface area contributed by atoms with E-state index in [0.29, 0.717) is 22.6 Å². The molecule has 6 nitrogen and oxygen atoms in total. The van der Waals surface area contributed by atoms with E-state index in [0.717, 1.165) is 11.4 Å². The Labute approximate surface area is 153 Å². The molecule has 0 unspecified atom stereocenters. The summed E-state index contributed by atoms with van der Waals surface area (Å²) in [6.45, 7) is 3.47. The highest BCUT2D eigenvalue weighted by Gasteiger charge is 2.15. The molecule has 0 aliphatic carbocycles. The Bertz CT molecular complexity index is 848. The molecule has 0 atom stereocenters. The molecule has 0 saturated heterocycles. The van der Waals surface area contributed by atoms with Crippen LogP contribution in [0.3, 0.4) is 0 Å². The van der Waals surface area contributed by atoms with E-state index in [1.165, 1.54) is 13.2 Å². The first kappa shape index (κ1) is 19.3. The van der Waals surface area contributed by atoms with Crippen LogP contribution in [0.4, 0.5) is 0 Å². The van der Waals surface area contributed by atoms with Crippen molar-refractivity contribution in [2.45, 2.75) is 13.8 Å². The Morgan fingerprint density at radius 3 is 2.46 bits per heavy atom. The molecule has 1 aromatic heterocycles. The quantitative estimate of drug-likeness (QED) is 0.433. The number of hydrogen-bond donors (Lipinski definition) is 0. The lowest BCUT2D eigenvalue weighted by Gasteiger charge is -2.09. The summed E-state index contributed by atoms with van der Waals surface area (Å²) < 4.78 is 17.5. The van der Waals surface area contributed by atoms with E-state index < -0.39 is 5.97 Å². The Morgan fingerprint density at radius 2 is 1.88 bits per heavy atom. The molecule has 1 heterocycles. The van der Waals surface area contributed by atoms with E-state index in [9.17, 15) is 9.59 Å². The minimum absolute atomic E-state index is 0.230. The fourth-order valence-corrected chi connectivity index (χ4v) is 2.60. The molecule has 0 aliphatic rings. The van der Waals surface area contributed by atoms with Crippen molar-refractivity contribution in [2.75, 3.05) is 20.8 Å². The van der Waals surface area contributed by atoms with Gasteiger partial charge in [0.15, 0.2) is 18.1 Å². The molecule has 0 bridgehead atoms. The van der Waals surface area contributed by atoms with Crippen LogP contribution in [0.2, 0.25) is 0 Å². The Hall–Kier alpha value is -3.02. The number of aromatic nitrogens is 1. The average Bonchev–Trinajstić information content (AvgIpc) is 2.91. The van der Waals surface area contributed by atoms with Crippen LogP contribution in [-0.2, 0) is 16.6 Å². The van der Waals surface area contributed by atoms with E-state index in [-0.39, 0.29) is 12.4 Å². The second-order valence-electron chi connectivity index (χ2n) is 5.79. The summed E-state index contributed by atoms with van der Waals surface area (Å²) in [5.74, 6) is 0.249. The Kier molecular flexibility index (Phi) is 6.22. The molecule has 0 amide bonds. The molecule has 138 valence electrons. The molecular formula is C20H23NO5. The molecule has 26 heavy (non-hydrogen) atoms. The van der Waals surface area contributed by atoms with Gasteiger partial charge in [0.05, 0.1) is 14.2 Å². The fraction of sp³-hybridized carbons (Fsp3) is 0.300. The highest BCUT2D eigenvalue weighted by molar-refractivity contribution is 6.00. The third-order valence-corrected chi connectivity index (χ3v) is 4.25. The first-order valence-corrected chi connectivity index (χ1v) is 8.11. The van der Waals surface area contributed by atoms with Crippen LogP contribution in [-0.4, -0.2) is 37.1 Å². The summed E-state index contributed by atoms with van der Waals surface area (Å²) in [5, 5.41) is 0. The molecular weight excluding hydrogens is 334 g/mol. The number of aryl methyl sites for hydroxylation is 1. The summed E-state index contributed by atoms with van der Waals surface area (Å²) >= 11 is 0. The van der Waals surface area contributed by atoms with Gasteiger partial charge in [-0.05, 0) is 32.1 Å². The maximum Gasteiger partial charge on any atom is 0.331 e. The molecule has 0 N–H and O–H groups in total. The highest BCUT2D eigenvalue weighted by Crippen LogP contribution is 2.31. The number of esters is 1. The number of methoxy groups -OCH3 is 2. The molecule has 0 spiro atoms. The second-order valence-corrected chi connectivity index (χ2v) is 5.79. The molecule has 6 heteroatoms. The lowest BCUT2D eigenvalue weighted by Crippen LogP contribution is -2.13. The van der Waals surface area contributed by atoms with Crippen molar-refractivity contribution in [3.8, 4) is 11.5 Å². The number of carbonyl (C=O) groups is 2. The highest BCUT2D eigenvalue weighted by atomic mass is 16.5. The van der Waals surface area contributed by atoms with Crippen molar-refractivity contribution in [3.05, 3.63) is 52.9 Å². The van der Waals surface area contributed by atoms with Crippen LogP contribution < -0.4 is 9.47 Å². The van der Waals surface area contributed by atoms with Crippen LogP contribution in [0.1, 0.15) is 27.3 Å². The van der Waals surface area contributed by atoms with Crippen LogP contribution in [0.5, 0.6) is 11.5 Å². The normalized spacial score (nSPS) is 10.8. The number of hydrogen-bond acceptors (Lipinski definition) is 5. The van der Waals surface area contributed by atoms with E-state index in [1.54, 1.807) is 37.5 Å². The number of ether oxygens (including phenoxy) is 3. The van der Waals surface area contributed by atoms with Gasteiger partial charge >= 0.3 is 5.97 Å². The number of carbonyl (C=O) groups excluding carboxylic acids is 2. The zero-order valence-corrected chi connectivity index (χ0v) is 15.7. The average molecular weight is 357 g/mol. The molecule has 0 fully saturated rings. The molecule has 2 aromatic rings. The zero-order valence-electron chi connectivity index (χ0n) is 15.7. The summed E-state index contributed by atoms with van der Waals surface area (Å²) in [6.07, 6.45) is 2.82. The number of benzene rings is 1. The standard InChI is InChI=1S/C20H23NO5/c1-13-11-16(14(2)21(13)3)17(22)12-26-19(23)10-9-15-7-6-8-18(24-4)20(15)25-5/h6-11H,12H2,1-5H3/b10-9+. The topological polar surface area (TPSA) is 66.8 Å². The lowest BCUT2D eigenvalue weighted by atomic mass is 10.1. The van der Waals surface area contributed by atoms with Gasteiger partial charge in [0.2, 0.25) is 5.78 Å². The minimum atomic E-state index is -0.603. The van der Waals surface area contributed by atoms with Crippen LogP contribution in [0.15, 0.2) is 30.3 Å². The van der Waals surface area contributed by atoms with Crippen molar-refractivity contribution in [3.63, 3.8) is 0 Å². The summed E-state index contributed by atoms with van der Waals surface area (Å²) in [4.78, 5) is 24.2. The smallest absolute Gasteiger partial charge is 0.331 e. The van der Waals surface area contributed by atoms with Crippen molar-refractivity contribution in [2.24, 2.45) is 7.05 Å². The molecule has 0 aliphatic heterocycles. The van der Waals surface area contributed by atoms with E-state index in [4.69, 9.17) is 14.2 Å². The minimum Gasteiger partial charge on any atom is -0.493 e. The van der Waals surface area contributed by atoms with Gasteiger partial charge in [0.1, 0.15) is 0 Å². The predicted octanol–water partition coefficient (Wildman–Crippen LogP) is 3.10. The second kappa shape index (κ2) is 8.38. The molecule has 2 rings (SSSR count). The number of nitrogens with zero attached hydrogens (tertiary/aromatic N) is 1. The van der Waals surface area contributed by atoms with E-state index in [1.807, 2.05) is 25.5 Å². The number of ketones is 1. The lowest BCUT2D eigenvalue weighted by molar-refractivity contribution is -0.136. The zero-order chi connectivity index (χ0) is 19.3. The molecule has 0 radical (unpaired) electrons. The van der Waals surface area contributed by atoms with Gasteiger partial charge in [-0.3, -0.25) is 4.79 Å². The number of rotatable bonds is 7. The van der Waals surface area contributed by atoms with Gasteiger partial charge in [-0.15, -0.1) is 0 Å². The van der Waals surface area contributed by atoms with Crippen molar-refractivity contribution >= 4 is 17.8 Å². The van der Waals surface area contributed by atoms with Gasteiger partial charge in [-0.25, -0.2) is 4.79 Å². The van der Waals surface area contributed by atoms with Gasteiger partial charge < -0.3 is 18.8 Å². The molecule has 0 saturated carbocycles. The van der Waals surface area contributed by atoms with Gasteiger partial charge in [-0.1, -0.05) is 12.1 Å². The third-order valence-electron chi connectivity index (χ3n) is 4.25. The van der Waals surface area contributed by atoms with Crippen molar-refractivity contribution < 1.29 is 23.8 Å². The maximum absolute atomic E-state index is 12.2. The van der Waals surface area contributed by atoms with E-state index >= 15 is 0 Å². The van der Waals surface area contributed by atoms with Gasteiger partial charge in [-0.2, -0.15) is 0 Å². The van der Waals surface area contributed by atoms with E-state index in [2.05, 4.69) is 0 Å².